The Morgan fingerprint density at radius 3 is 3.11 bits per heavy atom. The van der Waals surface area contributed by atoms with Gasteiger partial charge in [0, 0.05) is 18.1 Å². The van der Waals surface area contributed by atoms with Crippen LogP contribution in [0.2, 0.25) is 0 Å². The summed E-state index contributed by atoms with van der Waals surface area (Å²) in [4.78, 5) is 0. The fraction of sp³-hybridized carbons (Fsp3) is 0.600. The molecule has 2 aliphatic rings. The van der Waals surface area contributed by atoms with Gasteiger partial charge in [-0.2, -0.15) is 11.8 Å². The Hall–Kier alpha value is -0.670. The Bertz CT molecular complexity index is 401. The van der Waals surface area contributed by atoms with Crippen LogP contribution in [0.15, 0.2) is 18.2 Å². The number of hydrogen-bond acceptors (Lipinski definition) is 3. The van der Waals surface area contributed by atoms with Crippen LogP contribution < -0.4 is 10.1 Å². The molecule has 1 aromatic carbocycles. The van der Waals surface area contributed by atoms with Crippen molar-refractivity contribution in [3.05, 3.63) is 29.3 Å². The predicted octanol–water partition coefficient (Wildman–Crippen LogP) is 2.65. The number of hydrogen-bond donors (Lipinski definition) is 1. The van der Waals surface area contributed by atoms with Gasteiger partial charge in [0.25, 0.3) is 0 Å². The first-order valence-corrected chi connectivity index (χ1v) is 8.13. The van der Waals surface area contributed by atoms with Crippen LogP contribution in [-0.2, 0) is 12.8 Å². The van der Waals surface area contributed by atoms with Gasteiger partial charge in [-0.15, -0.1) is 0 Å². The fourth-order valence-electron chi connectivity index (χ4n) is 2.80. The number of benzene rings is 1. The molecule has 1 aliphatic heterocycles. The van der Waals surface area contributed by atoms with Gasteiger partial charge in [0.1, 0.15) is 12.4 Å². The second-order valence-corrected chi connectivity index (χ2v) is 6.29. The highest BCUT2D eigenvalue weighted by atomic mass is 32.2. The summed E-state index contributed by atoms with van der Waals surface area (Å²) in [6.45, 7) is 1.93. The van der Waals surface area contributed by atoms with Crippen LogP contribution in [0.5, 0.6) is 5.75 Å². The number of nitrogens with one attached hydrogen (secondary N) is 1. The number of rotatable bonds is 3. The summed E-state index contributed by atoms with van der Waals surface area (Å²) in [5.74, 6) is 3.54. The monoisotopic (exact) mass is 263 g/mol. The highest BCUT2D eigenvalue weighted by molar-refractivity contribution is 7.99. The molecule has 1 aromatic rings. The molecule has 0 aromatic heterocycles. The van der Waals surface area contributed by atoms with Gasteiger partial charge in [0.15, 0.2) is 0 Å². The summed E-state index contributed by atoms with van der Waals surface area (Å²) >= 11 is 2.02. The Kier molecular flexibility index (Phi) is 4.11. The average molecular weight is 263 g/mol. The Morgan fingerprint density at radius 2 is 2.22 bits per heavy atom. The van der Waals surface area contributed by atoms with Gasteiger partial charge in [-0.1, -0.05) is 12.1 Å². The van der Waals surface area contributed by atoms with Crippen LogP contribution in [0.1, 0.15) is 24.0 Å². The number of aryl methyl sites for hydroxylation is 1. The lowest BCUT2D eigenvalue weighted by molar-refractivity contribution is 0.272. The van der Waals surface area contributed by atoms with E-state index in [2.05, 4.69) is 23.5 Å². The summed E-state index contributed by atoms with van der Waals surface area (Å²) in [5.41, 5.74) is 2.97. The molecule has 1 N–H and O–H groups in total. The molecule has 98 valence electrons. The van der Waals surface area contributed by atoms with Crippen molar-refractivity contribution in [2.45, 2.75) is 31.7 Å². The van der Waals surface area contributed by atoms with E-state index in [4.69, 9.17) is 4.74 Å². The molecule has 3 rings (SSSR count). The van der Waals surface area contributed by atoms with Crippen molar-refractivity contribution in [3.63, 3.8) is 0 Å². The zero-order chi connectivity index (χ0) is 12.2. The standard InChI is InChI=1S/C15H21NOS/c1-2-6-14-12(4-1)5-3-7-15(14)17-10-13-11-18-9-8-16-13/h3,5,7,13,16H,1-2,4,6,8-11H2. The Balaban J connectivity index is 1.65. The minimum atomic E-state index is 0.517. The van der Waals surface area contributed by atoms with Gasteiger partial charge in [-0.25, -0.2) is 0 Å². The van der Waals surface area contributed by atoms with E-state index in [0.29, 0.717) is 6.04 Å². The maximum atomic E-state index is 6.07. The zero-order valence-electron chi connectivity index (χ0n) is 10.8. The summed E-state index contributed by atoms with van der Waals surface area (Å²) in [7, 11) is 0. The third-order valence-electron chi connectivity index (χ3n) is 3.79. The molecule has 3 heteroatoms. The molecule has 0 bridgehead atoms. The largest absolute Gasteiger partial charge is 0.492 e. The number of fused-ring (bicyclic) bond motifs is 1. The van der Waals surface area contributed by atoms with E-state index < -0.39 is 0 Å². The van der Waals surface area contributed by atoms with E-state index in [9.17, 15) is 0 Å². The molecule has 18 heavy (non-hydrogen) atoms. The van der Waals surface area contributed by atoms with Crippen molar-refractivity contribution in [2.24, 2.45) is 0 Å². The van der Waals surface area contributed by atoms with Gasteiger partial charge < -0.3 is 10.1 Å². The molecule has 0 saturated carbocycles. The van der Waals surface area contributed by atoms with Crippen LogP contribution >= 0.6 is 11.8 Å². The van der Waals surface area contributed by atoms with Crippen LogP contribution in [0.3, 0.4) is 0 Å². The van der Waals surface area contributed by atoms with Crippen molar-refractivity contribution in [2.75, 3.05) is 24.7 Å². The van der Waals surface area contributed by atoms with Gasteiger partial charge >= 0.3 is 0 Å². The highest BCUT2D eigenvalue weighted by Crippen LogP contribution is 2.29. The first-order chi connectivity index (χ1) is 8.93. The Morgan fingerprint density at radius 1 is 1.28 bits per heavy atom. The van der Waals surface area contributed by atoms with E-state index in [1.165, 1.54) is 48.3 Å². The van der Waals surface area contributed by atoms with Crippen molar-refractivity contribution >= 4 is 11.8 Å². The lowest BCUT2D eigenvalue weighted by atomic mass is 9.91. The molecular weight excluding hydrogens is 242 g/mol. The third kappa shape index (κ3) is 2.83. The molecule has 1 aliphatic carbocycles. The summed E-state index contributed by atoms with van der Waals surface area (Å²) in [6.07, 6.45) is 5.06. The van der Waals surface area contributed by atoms with Crippen molar-refractivity contribution in [1.82, 2.24) is 5.32 Å². The molecule has 1 fully saturated rings. The first kappa shape index (κ1) is 12.4. The van der Waals surface area contributed by atoms with Crippen LogP contribution in [-0.4, -0.2) is 30.7 Å². The fourth-order valence-corrected chi connectivity index (χ4v) is 3.73. The molecule has 1 heterocycles. The summed E-state index contributed by atoms with van der Waals surface area (Å²) < 4.78 is 6.07. The van der Waals surface area contributed by atoms with Crippen molar-refractivity contribution in [1.29, 1.82) is 0 Å². The lowest BCUT2D eigenvalue weighted by Crippen LogP contribution is -2.41. The van der Waals surface area contributed by atoms with Crippen LogP contribution in [0.25, 0.3) is 0 Å². The third-order valence-corrected chi connectivity index (χ3v) is 4.92. The zero-order valence-corrected chi connectivity index (χ0v) is 11.6. The normalized spacial score (nSPS) is 23.4. The molecule has 1 unspecified atom stereocenters. The summed E-state index contributed by atoms with van der Waals surface area (Å²) in [5, 5.41) is 3.52. The number of ether oxygens (including phenoxy) is 1. The topological polar surface area (TPSA) is 21.3 Å². The van der Waals surface area contributed by atoms with Crippen molar-refractivity contribution < 1.29 is 4.74 Å². The minimum absolute atomic E-state index is 0.517. The highest BCUT2D eigenvalue weighted by Gasteiger charge is 2.17. The minimum Gasteiger partial charge on any atom is -0.492 e. The quantitative estimate of drug-likeness (QED) is 0.906. The average Bonchev–Trinajstić information content (AvgIpc) is 2.46. The molecule has 0 radical (unpaired) electrons. The molecule has 2 nitrogen and oxygen atoms in total. The number of thioether (sulfide) groups is 1. The first-order valence-electron chi connectivity index (χ1n) is 6.98. The van der Waals surface area contributed by atoms with Gasteiger partial charge in [-0.3, -0.25) is 0 Å². The second-order valence-electron chi connectivity index (χ2n) is 5.14. The van der Waals surface area contributed by atoms with Gasteiger partial charge in [0.2, 0.25) is 0 Å². The predicted molar refractivity (Wildman–Crippen MR) is 77.7 cm³/mol. The van der Waals surface area contributed by atoms with E-state index in [1.54, 1.807) is 0 Å². The Labute approximate surface area is 113 Å². The molecular formula is C15H21NOS. The maximum Gasteiger partial charge on any atom is 0.122 e. The van der Waals surface area contributed by atoms with E-state index in [0.717, 1.165) is 18.9 Å². The maximum absolute atomic E-state index is 6.07. The molecule has 0 spiro atoms. The van der Waals surface area contributed by atoms with E-state index in [-0.39, 0.29) is 0 Å². The van der Waals surface area contributed by atoms with Crippen molar-refractivity contribution in [3.8, 4) is 5.75 Å². The molecule has 1 saturated heterocycles. The van der Waals surface area contributed by atoms with Crippen LogP contribution in [0.4, 0.5) is 0 Å². The summed E-state index contributed by atoms with van der Waals surface area (Å²) in [6, 6.07) is 7.06. The van der Waals surface area contributed by atoms with E-state index >= 15 is 0 Å². The lowest BCUT2D eigenvalue weighted by Gasteiger charge is -2.25. The molecule has 0 amide bonds. The van der Waals surface area contributed by atoms with Gasteiger partial charge in [0.05, 0.1) is 6.04 Å². The SMILES string of the molecule is c1cc2c(c(OCC3CSCCN3)c1)CCCC2. The second kappa shape index (κ2) is 5.98. The van der Waals surface area contributed by atoms with E-state index in [1.807, 2.05) is 11.8 Å². The van der Waals surface area contributed by atoms with Gasteiger partial charge in [-0.05, 0) is 42.9 Å². The molecule has 1 atom stereocenters. The smallest absolute Gasteiger partial charge is 0.122 e. The van der Waals surface area contributed by atoms with Crippen LogP contribution in [0, 0.1) is 0 Å².